The molecule has 0 bridgehead atoms. The second-order valence-electron chi connectivity index (χ2n) is 4.46. The molecule has 2 heterocycles. The highest BCUT2D eigenvalue weighted by Gasteiger charge is 2.13. The molecule has 0 fully saturated rings. The number of nitrogens with one attached hydrogen (secondary N) is 1. The van der Waals surface area contributed by atoms with Gasteiger partial charge in [-0.1, -0.05) is 11.3 Å². The van der Waals surface area contributed by atoms with E-state index in [0.29, 0.717) is 10.8 Å². The van der Waals surface area contributed by atoms with Crippen LogP contribution in [0.15, 0.2) is 34.9 Å². The number of ether oxygens (including phenoxy) is 1. The molecule has 21 heavy (non-hydrogen) atoms. The van der Waals surface area contributed by atoms with E-state index in [2.05, 4.69) is 26.2 Å². The number of aryl methyl sites for hydroxylation is 1. The smallest absolute Gasteiger partial charge is 0.274 e. The first-order chi connectivity index (χ1) is 10.1. The molecular formula is C14H12BrN3O2S. The molecule has 2 aromatic heterocycles. The number of aromatic nitrogens is 2. The lowest BCUT2D eigenvalue weighted by atomic mass is 10.3. The van der Waals surface area contributed by atoms with E-state index in [9.17, 15) is 4.79 Å². The molecule has 0 spiro atoms. The normalized spacial score (nSPS) is 10.8. The maximum absolute atomic E-state index is 12.2. The number of fused-ring (bicyclic) bond motifs is 1. The van der Waals surface area contributed by atoms with Crippen LogP contribution in [-0.2, 0) is 7.05 Å². The van der Waals surface area contributed by atoms with Gasteiger partial charge >= 0.3 is 0 Å². The Morgan fingerprint density at radius 1 is 1.43 bits per heavy atom. The largest absolute Gasteiger partial charge is 0.497 e. The third-order valence-electron chi connectivity index (χ3n) is 3.02. The molecule has 1 aromatic carbocycles. The Morgan fingerprint density at radius 2 is 2.24 bits per heavy atom. The van der Waals surface area contributed by atoms with Gasteiger partial charge in [-0.15, -0.1) is 0 Å². The summed E-state index contributed by atoms with van der Waals surface area (Å²) in [5.74, 6) is 0.588. The maximum Gasteiger partial charge on any atom is 0.274 e. The van der Waals surface area contributed by atoms with Crippen molar-refractivity contribution in [2.24, 2.45) is 7.05 Å². The molecular weight excluding hydrogens is 354 g/mol. The fourth-order valence-electron chi connectivity index (χ4n) is 2.00. The fourth-order valence-corrected chi connectivity index (χ4v) is 3.41. The molecule has 0 aliphatic carbocycles. The number of anilines is 1. The number of carbonyl (C=O) groups excluding carboxylic acids is 1. The standard InChI is InChI=1S/C14H12BrN3O2S/c1-18-7-8(15)5-11(18)13(19)17-14-16-10-4-3-9(20-2)6-12(10)21-14/h3-7H,1-2H3,(H,16,17,19). The van der Waals surface area contributed by atoms with Crippen molar-refractivity contribution in [3.05, 3.63) is 40.6 Å². The Hall–Kier alpha value is -1.86. The zero-order valence-electron chi connectivity index (χ0n) is 11.4. The lowest BCUT2D eigenvalue weighted by molar-refractivity contribution is 0.101. The predicted octanol–water partition coefficient (Wildman–Crippen LogP) is 3.66. The third kappa shape index (κ3) is 2.79. The molecule has 7 heteroatoms. The van der Waals surface area contributed by atoms with Gasteiger partial charge in [0.2, 0.25) is 0 Å². The SMILES string of the molecule is COc1ccc2nc(NC(=O)c3cc(Br)cn3C)sc2c1. The zero-order valence-corrected chi connectivity index (χ0v) is 13.8. The van der Waals surface area contributed by atoms with Gasteiger partial charge in [0.15, 0.2) is 5.13 Å². The summed E-state index contributed by atoms with van der Waals surface area (Å²) in [6.45, 7) is 0. The minimum absolute atomic E-state index is 0.186. The van der Waals surface area contributed by atoms with Crippen LogP contribution < -0.4 is 10.1 Å². The van der Waals surface area contributed by atoms with E-state index in [1.165, 1.54) is 11.3 Å². The average Bonchev–Trinajstić information content (AvgIpc) is 2.99. The van der Waals surface area contributed by atoms with Crippen LogP contribution in [0.5, 0.6) is 5.75 Å². The van der Waals surface area contributed by atoms with E-state index in [-0.39, 0.29) is 5.91 Å². The van der Waals surface area contributed by atoms with E-state index < -0.39 is 0 Å². The molecule has 0 atom stereocenters. The summed E-state index contributed by atoms with van der Waals surface area (Å²) in [4.78, 5) is 16.6. The van der Waals surface area contributed by atoms with Crippen LogP contribution in [0.4, 0.5) is 5.13 Å². The highest BCUT2D eigenvalue weighted by Crippen LogP contribution is 2.29. The molecule has 0 aliphatic rings. The molecule has 5 nitrogen and oxygen atoms in total. The van der Waals surface area contributed by atoms with Gasteiger partial charge in [-0.3, -0.25) is 10.1 Å². The van der Waals surface area contributed by atoms with Crippen LogP contribution >= 0.6 is 27.3 Å². The van der Waals surface area contributed by atoms with E-state index in [1.807, 2.05) is 31.4 Å². The number of hydrogen-bond donors (Lipinski definition) is 1. The second kappa shape index (κ2) is 5.50. The first-order valence-electron chi connectivity index (χ1n) is 6.14. The van der Waals surface area contributed by atoms with Crippen molar-refractivity contribution in [1.29, 1.82) is 0 Å². The summed E-state index contributed by atoms with van der Waals surface area (Å²) in [6, 6.07) is 7.40. The number of carbonyl (C=O) groups is 1. The van der Waals surface area contributed by atoms with Crippen LogP contribution in [0.25, 0.3) is 10.2 Å². The number of rotatable bonds is 3. The molecule has 1 N–H and O–H groups in total. The van der Waals surface area contributed by atoms with Crippen molar-refractivity contribution < 1.29 is 9.53 Å². The molecule has 3 aromatic rings. The Morgan fingerprint density at radius 3 is 2.90 bits per heavy atom. The minimum Gasteiger partial charge on any atom is -0.497 e. The highest BCUT2D eigenvalue weighted by molar-refractivity contribution is 9.10. The Bertz CT molecular complexity index is 825. The van der Waals surface area contributed by atoms with Gasteiger partial charge in [0.05, 0.1) is 17.3 Å². The van der Waals surface area contributed by atoms with Gasteiger partial charge in [-0.25, -0.2) is 4.98 Å². The summed E-state index contributed by atoms with van der Waals surface area (Å²) in [5, 5.41) is 3.40. The third-order valence-corrected chi connectivity index (χ3v) is 4.39. The van der Waals surface area contributed by atoms with E-state index in [1.54, 1.807) is 17.7 Å². The van der Waals surface area contributed by atoms with Crippen LogP contribution in [0, 0.1) is 0 Å². The van der Waals surface area contributed by atoms with Crippen molar-refractivity contribution in [2.45, 2.75) is 0 Å². The topological polar surface area (TPSA) is 56.1 Å². The molecule has 3 rings (SSSR count). The van der Waals surface area contributed by atoms with Gasteiger partial charge < -0.3 is 9.30 Å². The number of methoxy groups -OCH3 is 1. The monoisotopic (exact) mass is 365 g/mol. The van der Waals surface area contributed by atoms with Crippen LogP contribution in [0.3, 0.4) is 0 Å². The molecule has 0 saturated heterocycles. The van der Waals surface area contributed by atoms with Crippen LogP contribution in [0.2, 0.25) is 0 Å². The van der Waals surface area contributed by atoms with Crippen molar-refractivity contribution >= 4 is 48.5 Å². The Kier molecular flexibility index (Phi) is 3.69. The molecule has 0 radical (unpaired) electrons. The quantitative estimate of drug-likeness (QED) is 0.770. The molecule has 108 valence electrons. The lowest BCUT2D eigenvalue weighted by Crippen LogP contribution is -2.15. The minimum atomic E-state index is -0.186. The van der Waals surface area contributed by atoms with Crippen LogP contribution in [-0.4, -0.2) is 22.6 Å². The average molecular weight is 366 g/mol. The van der Waals surface area contributed by atoms with Crippen molar-refractivity contribution in [3.8, 4) is 5.75 Å². The number of nitrogens with zero attached hydrogens (tertiary/aromatic N) is 2. The molecule has 0 aliphatic heterocycles. The van der Waals surface area contributed by atoms with Crippen molar-refractivity contribution in [2.75, 3.05) is 12.4 Å². The highest BCUT2D eigenvalue weighted by atomic mass is 79.9. The van der Waals surface area contributed by atoms with Crippen molar-refractivity contribution in [3.63, 3.8) is 0 Å². The molecule has 0 saturated carbocycles. The van der Waals surface area contributed by atoms with Gasteiger partial charge in [-0.05, 0) is 40.2 Å². The Balaban J connectivity index is 1.87. The number of hydrogen-bond acceptors (Lipinski definition) is 4. The lowest BCUT2D eigenvalue weighted by Gasteiger charge is -2.02. The number of thiazole rings is 1. The molecule has 0 unspecified atom stereocenters. The van der Waals surface area contributed by atoms with E-state index in [4.69, 9.17) is 4.74 Å². The Labute approximate surface area is 133 Å². The summed E-state index contributed by atoms with van der Waals surface area (Å²) in [6.07, 6.45) is 1.83. The number of amides is 1. The number of halogens is 1. The van der Waals surface area contributed by atoms with Gasteiger partial charge in [0, 0.05) is 17.7 Å². The summed E-state index contributed by atoms with van der Waals surface area (Å²) < 4.78 is 8.78. The second-order valence-corrected chi connectivity index (χ2v) is 6.41. The van der Waals surface area contributed by atoms with Crippen LogP contribution in [0.1, 0.15) is 10.5 Å². The summed E-state index contributed by atoms with van der Waals surface area (Å²) >= 11 is 4.77. The maximum atomic E-state index is 12.2. The van der Waals surface area contributed by atoms with Gasteiger partial charge in [-0.2, -0.15) is 0 Å². The molecule has 1 amide bonds. The number of benzene rings is 1. The predicted molar refractivity (Wildman–Crippen MR) is 87.2 cm³/mol. The van der Waals surface area contributed by atoms with Gasteiger partial charge in [0.25, 0.3) is 5.91 Å². The summed E-state index contributed by atoms with van der Waals surface area (Å²) in [7, 11) is 3.45. The van der Waals surface area contributed by atoms with Gasteiger partial charge in [0.1, 0.15) is 11.4 Å². The van der Waals surface area contributed by atoms with E-state index in [0.717, 1.165) is 20.4 Å². The van der Waals surface area contributed by atoms with E-state index >= 15 is 0 Å². The first-order valence-corrected chi connectivity index (χ1v) is 7.75. The zero-order chi connectivity index (χ0) is 15.0. The summed E-state index contributed by atoms with van der Waals surface area (Å²) in [5.41, 5.74) is 1.41. The fraction of sp³-hybridized carbons (Fsp3) is 0.143. The van der Waals surface area contributed by atoms with Crippen molar-refractivity contribution in [1.82, 2.24) is 9.55 Å². The first kappa shape index (κ1) is 14.1.